The van der Waals surface area contributed by atoms with Gasteiger partial charge in [0.15, 0.2) is 8.07 Å². The molecule has 3 heteroatoms. The van der Waals surface area contributed by atoms with Gasteiger partial charge in [-0.05, 0) is 141 Å². The highest BCUT2D eigenvalue weighted by Gasteiger charge is 2.41. The van der Waals surface area contributed by atoms with Gasteiger partial charge in [0, 0.05) is 17.1 Å². The highest BCUT2D eigenvalue weighted by atomic mass is 28.3. The van der Waals surface area contributed by atoms with Crippen molar-refractivity contribution in [3.63, 3.8) is 0 Å². The SMILES string of the molecule is COc1ccc(N(c2ccc([Si](c3ccccc3)(c3ccccc3)c3ccccc3)cc2)c2ccc3c(c2)c2ccccc2c2c(-c4ccccc4)cc(-c4ccccc4)c(-c4ccccc4)c32)cc1. The van der Waals surface area contributed by atoms with Crippen LogP contribution in [0.4, 0.5) is 17.1 Å². The quantitative estimate of drug-likeness (QED) is 0.0728. The summed E-state index contributed by atoms with van der Waals surface area (Å²) in [6, 6.07) is 103. The predicted molar refractivity (Wildman–Crippen MR) is 300 cm³/mol. The third kappa shape index (κ3) is 7.36. The highest BCUT2D eigenvalue weighted by molar-refractivity contribution is 7.19. The van der Waals surface area contributed by atoms with Crippen molar-refractivity contribution in [1.29, 1.82) is 0 Å². The molecule has 0 aliphatic rings. The lowest BCUT2D eigenvalue weighted by molar-refractivity contribution is 0.415. The van der Waals surface area contributed by atoms with E-state index in [2.05, 4.69) is 284 Å². The first-order valence-corrected chi connectivity index (χ1v) is 26.0. The Labute approximate surface area is 411 Å². The van der Waals surface area contributed by atoms with Crippen LogP contribution in [-0.4, -0.2) is 15.2 Å². The second-order valence-electron chi connectivity index (χ2n) is 17.9. The lowest BCUT2D eigenvalue weighted by atomic mass is 9.81. The summed E-state index contributed by atoms with van der Waals surface area (Å²) in [6.45, 7) is 0. The molecule has 0 spiro atoms. The van der Waals surface area contributed by atoms with E-state index in [1.165, 1.54) is 86.4 Å². The van der Waals surface area contributed by atoms with Crippen molar-refractivity contribution >= 4 is 78.2 Å². The molecule has 0 heterocycles. The fraction of sp³-hybridized carbons (Fsp3) is 0.0149. The zero-order valence-electron chi connectivity index (χ0n) is 38.9. The van der Waals surface area contributed by atoms with Gasteiger partial charge in [0.25, 0.3) is 0 Å². The van der Waals surface area contributed by atoms with E-state index in [1.807, 2.05) is 0 Å². The minimum Gasteiger partial charge on any atom is -0.497 e. The molecule has 332 valence electrons. The van der Waals surface area contributed by atoms with Crippen LogP contribution in [0.1, 0.15) is 0 Å². The first-order chi connectivity index (χ1) is 34.7. The van der Waals surface area contributed by atoms with Crippen molar-refractivity contribution in [3.05, 3.63) is 279 Å². The van der Waals surface area contributed by atoms with Crippen molar-refractivity contribution in [1.82, 2.24) is 0 Å². The summed E-state index contributed by atoms with van der Waals surface area (Å²) < 4.78 is 5.70. The zero-order valence-corrected chi connectivity index (χ0v) is 39.9. The third-order valence-corrected chi connectivity index (χ3v) is 18.9. The summed E-state index contributed by atoms with van der Waals surface area (Å²) in [5, 5.41) is 12.7. The van der Waals surface area contributed by atoms with E-state index in [1.54, 1.807) is 7.11 Å². The van der Waals surface area contributed by atoms with Crippen LogP contribution in [-0.2, 0) is 0 Å². The Bertz CT molecular complexity index is 3660. The van der Waals surface area contributed by atoms with Gasteiger partial charge >= 0.3 is 0 Å². The molecule has 2 nitrogen and oxygen atoms in total. The molecule has 0 aliphatic heterocycles. The van der Waals surface area contributed by atoms with Crippen LogP contribution in [0.25, 0.3) is 65.7 Å². The molecule has 12 rings (SSSR count). The van der Waals surface area contributed by atoms with E-state index in [0.717, 1.165) is 22.8 Å². The van der Waals surface area contributed by atoms with Gasteiger partial charge in [-0.25, -0.2) is 0 Å². The van der Waals surface area contributed by atoms with Crippen molar-refractivity contribution < 1.29 is 4.74 Å². The number of hydrogen-bond acceptors (Lipinski definition) is 2. The molecular formula is C67H49NOSi. The number of fused-ring (bicyclic) bond motifs is 6. The van der Waals surface area contributed by atoms with Crippen LogP contribution >= 0.6 is 0 Å². The van der Waals surface area contributed by atoms with Crippen LogP contribution in [0.5, 0.6) is 5.75 Å². The van der Waals surface area contributed by atoms with Crippen LogP contribution < -0.4 is 30.4 Å². The van der Waals surface area contributed by atoms with Gasteiger partial charge in [0.05, 0.1) is 7.11 Å². The topological polar surface area (TPSA) is 12.5 Å². The molecule has 0 amide bonds. The molecule has 12 aromatic carbocycles. The Hall–Kier alpha value is -8.76. The second kappa shape index (κ2) is 18.4. The van der Waals surface area contributed by atoms with Gasteiger partial charge in [-0.15, -0.1) is 0 Å². The minimum absolute atomic E-state index is 0.816. The summed E-state index contributed by atoms with van der Waals surface area (Å²) in [5.41, 5.74) is 10.4. The van der Waals surface area contributed by atoms with E-state index in [0.29, 0.717) is 0 Å². The summed E-state index contributed by atoms with van der Waals surface area (Å²) in [7, 11) is -1.02. The summed E-state index contributed by atoms with van der Waals surface area (Å²) >= 11 is 0. The number of nitrogens with zero attached hydrogens (tertiary/aromatic N) is 1. The Morgan fingerprint density at radius 2 is 0.700 bits per heavy atom. The maximum absolute atomic E-state index is 5.70. The van der Waals surface area contributed by atoms with E-state index in [4.69, 9.17) is 4.74 Å². The van der Waals surface area contributed by atoms with Gasteiger partial charge in [0.1, 0.15) is 5.75 Å². The Morgan fingerprint density at radius 3 is 1.21 bits per heavy atom. The smallest absolute Gasteiger partial charge is 0.179 e. The van der Waals surface area contributed by atoms with Gasteiger partial charge in [-0.3, -0.25) is 0 Å². The highest BCUT2D eigenvalue weighted by Crippen LogP contribution is 2.50. The van der Waals surface area contributed by atoms with Crippen molar-refractivity contribution in [2.45, 2.75) is 0 Å². The third-order valence-electron chi connectivity index (χ3n) is 14.1. The molecule has 0 radical (unpaired) electrons. The molecule has 0 fully saturated rings. The largest absolute Gasteiger partial charge is 0.497 e. The Kier molecular flexibility index (Phi) is 11.2. The summed E-state index contributed by atoms with van der Waals surface area (Å²) in [5.74, 6) is 0.816. The molecule has 0 N–H and O–H groups in total. The average Bonchev–Trinajstić information content (AvgIpc) is 3.45. The van der Waals surface area contributed by atoms with Crippen LogP contribution in [0.15, 0.2) is 279 Å². The number of rotatable bonds is 11. The maximum Gasteiger partial charge on any atom is 0.179 e. The van der Waals surface area contributed by atoms with Gasteiger partial charge in [-0.1, -0.05) is 224 Å². The van der Waals surface area contributed by atoms with Crippen molar-refractivity contribution in [3.8, 4) is 39.1 Å². The zero-order chi connectivity index (χ0) is 46.9. The fourth-order valence-corrected chi connectivity index (χ4v) is 15.7. The van der Waals surface area contributed by atoms with Crippen LogP contribution in [0, 0.1) is 0 Å². The second-order valence-corrected chi connectivity index (χ2v) is 21.7. The molecule has 12 aromatic rings. The van der Waals surface area contributed by atoms with Crippen molar-refractivity contribution in [2.24, 2.45) is 0 Å². The van der Waals surface area contributed by atoms with E-state index < -0.39 is 8.07 Å². The number of benzene rings is 12. The number of anilines is 3. The van der Waals surface area contributed by atoms with Gasteiger partial charge in [-0.2, -0.15) is 0 Å². The number of hydrogen-bond donors (Lipinski definition) is 0. The van der Waals surface area contributed by atoms with Gasteiger partial charge < -0.3 is 9.64 Å². The van der Waals surface area contributed by atoms with Gasteiger partial charge in [0.2, 0.25) is 0 Å². The Morgan fingerprint density at radius 1 is 0.300 bits per heavy atom. The fourth-order valence-electron chi connectivity index (χ4n) is 11.0. The summed E-state index contributed by atoms with van der Waals surface area (Å²) in [6.07, 6.45) is 0. The van der Waals surface area contributed by atoms with E-state index >= 15 is 0 Å². The molecule has 0 saturated carbocycles. The van der Waals surface area contributed by atoms with Crippen LogP contribution in [0.3, 0.4) is 0 Å². The van der Waals surface area contributed by atoms with Crippen LogP contribution in [0.2, 0.25) is 0 Å². The predicted octanol–water partition coefficient (Wildman–Crippen LogP) is 15.0. The molecular weight excluding hydrogens is 863 g/mol. The maximum atomic E-state index is 5.70. The average molecular weight is 912 g/mol. The number of ether oxygens (including phenoxy) is 1. The van der Waals surface area contributed by atoms with E-state index in [-0.39, 0.29) is 0 Å². The summed E-state index contributed by atoms with van der Waals surface area (Å²) in [4.78, 5) is 2.40. The standard InChI is InChI=1S/C67H49NOSi/c1-69-54-41-36-51(37-42-54)68(52-38-43-58(44-39-52)70(55-28-14-5-15-29-55,56-30-16-6-17-31-56)57-32-18-7-19-33-57)53-40-45-61-64(46-53)59-34-20-21-35-60(59)66-63(49-24-10-3-11-25-49)47-62(48-22-8-2-9-23-48)65(67(61)66)50-26-12-4-13-27-50/h2-47H,1H3. The molecule has 0 aliphatic carbocycles. The molecule has 0 unspecified atom stereocenters. The molecule has 0 bridgehead atoms. The Balaban J connectivity index is 1.13. The molecule has 70 heavy (non-hydrogen) atoms. The van der Waals surface area contributed by atoms with E-state index in [9.17, 15) is 0 Å². The normalized spacial score (nSPS) is 11.5. The molecule has 0 saturated heterocycles. The molecule has 0 aromatic heterocycles. The number of methoxy groups -OCH3 is 1. The molecule has 0 atom stereocenters. The van der Waals surface area contributed by atoms with Crippen molar-refractivity contribution in [2.75, 3.05) is 12.0 Å². The first-order valence-electron chi connectivity index (χ1n) is 24.0. The minimum atomic E-state index is -2.75. The lowest BCUT2D eigenvalue weighted by Gasteiger charge is -2.35. The first kappa shape index (κ1) is 42.6. The lowest BCUT2D eigenvalue weighted by Crippen LogP contribution is -2.74. The monoisotopic (exact) mass is 911 g/mol.